The molecule has 0 spiro atoms. The first-order valence-corrected chi connectivity index (χ1v) is 10.8. The van der Waals surface area contributed by atoms with E-state index in [0.717, 1.165) is 50.0 Å². The van der Waals surface area contributed by atoms with E-state index in [9.17, 15) is 22.8 Å². The van der Waals surface area contributed by atoms with Crippen LogP contribution in [0.1, 0.15) is 43.7 Å². The Morgan fingerprint density at radius 2 is 1.72 bits per heavy atom. The van der Waals surface area contributed by atoms with E-state index in [2.05, 4.69) is 5.32 Å². The van der Waals surface area contributed by atoms with Crippen molar-refractivity contribution >= 4 is 23.2 Å². The van der Waals surface area contributed by atoms with Crippen LogP contribution in [0.15, 0.2) is 48.5 Å². The average Bonchev–Trinajstić information content (AvgIpc) is 2.77. The number of nitrogens with one attached hydrogen (secondary N) is 1. The van der Waals surface area contributed by atoms with Crippen molar-refractivity contribution in [2.24, 2.45) is 0 Å². The minimum absolute atomic E-state index is 0.0118. The van der Waals surface area contributed by atoms with Gasteiger partial charge in [0.2, 0.25) is 11.8 Å². The lowest BCUT2D eigenvalue weighted by Crippen LogP contribution is -2.32. The summed E-state index contributed by atoms with van der Waals surface area (Å²) in [6.07, 6.45) is -1.51. The number of hydrogen-bond acceptors (Lipinski definition) is 3. The van der Waals surface area contributed by atoms with E-state index in [-0.39, 0.29) is 24.6 Å². The van der Waals surface area contributed by atoms with Crippen LogP contribution in [0.4, 0.5) is 24.5 Å². The first-order chi connectivity index (χ1) is 15.2. The largest absolute Gasteiger partial charge is 0.416 e. The summed E-state index contributed by atoms with van der Waals surface area (Å²) in [6.45, 7) is 3.45. The number of alkyl halides is 3. The molecular formula is C24H28F3N3O2. The molecule has 1 aliphatic rings. The van der Waals surface area contributed by atoms with Crippen LogP contribution in [-0.4, -0.2) is 36.3 Å². The molecule has 3 rings (SSSR count). The van der Waals surface area contributed by atoms with Crippen LogP contribution in [0.25, 0.3) is 0 Å². The zero-order valence-electron chi connectivity index (χ0n) is 18.1. The Morgan fingerprint density at radius 1 is 1.03 bits per heavy atom. The zero-order chi connectivity index (χ0) is 23.1. The van der Waals surface area contributed by atoms with Crippen LogP contribution in [0.5, 0.6) is 0 Å². The van der Waals surface area contributed by atoms with Gasteiger partial charge in [0.25, 0.3) is 0 Å². The van der Waals surface area contributed by atoms with Crippen LogP contribution in [0.3, 0.4) is 0 Å². The number of nitrogens with zero attached hydrogens (tertiary/aromatic N) is 2. The number of benzene rings is 2. The van der Waals surface area contributed by atoms with Gasteiger partial charge in [-0.05, 0) is 43.0 Å². The number of piperidine rings is 1. The fourth-order valence-corrected chi connectivity index (χ4v) is 3.82. The fraction of sp³-hybridized carbons (Fsp3) is 0.417. The van der Waals surface area contributed by atoms with Gasteiger partial charge in [-0.3, -0.25) is 9.59 Å². The molecule has 5 nitrogen and oxygen atoms in total. The Labute approximate surface area is 186 Å². The molecule has 2 amide bonds. The Morgan fingerprint density at radius 3 is 2.34 bits per heavy atom. The summed E-state index contributed by atoms with van der Waals surface area (Å²) in [6, 6.07) is 12.9. The molecule has 0 aromatic heterocycles. The molecule has 8 heteroatoms. The van der Waals surface area contributed by atoms with Gasteiger partial charge < -0.3 is 15.1 Å². The van der Waals surface area contributed by atoms with Crippen molar-refractivity contribution in [2.75, 3.05) is 29.9 Å². The second-order valence-corrected chi connectivity index (χ2v) is 8.00. The van der Waals surface area contributed by atoms with Crippen LogP contribution >= 0.6 is 0 Å². The molecular weight excluding hydrogens is 419 g/mol. The summed E-state index contributed by atoms with van der Waals surface area (Å²) in [7, 11) is 0. The molecule has 0 aliphatic carbocycles. The molecule has 0 unspecified atom stereocenters. The summed E-state index contributed by atoms with van der Waals surface area (Å²) < 4.78 is 39.8. The number of rotatable bonds is 7. The lowest BCUT2D eigenvalue weighted by atomic mass is 10.1. The SMILES string of the molecule is CC(=O)N(CCC(=O)Nc1cc(C(F)(F)F)ccc1N1CCCCC1)Cc1ccccc1. The molecule has 2 aromatic rings. The number of halogens is 3. The van der Waals surface area contributed by atoms with Crippen LogP contribution in [0, 0.1) is 0 Å². The van der Waals surface area contributed by atoms with E-state index >= 15 is 0 Å². The van der Waals surface area contributed by atoms with E-state index in [1.807, 2.05) is 35.2 Å². The van der Waals surface area contributed by atoms with Gasteiger partial charge >= 0.3 is 6.18 Å². The molecule has 1 saturated heterocycles. The lowest BCUT2D eigenvalue weighted by Gasteiger charge is -2.31. The molecule has 1 aliphatic heterocycles. The molecule has 0 saturated carbocycles. The first-order valence-electron chi connectivity index (χ1n) is 10.8. The van der Waals surface area contributed by atoms with Crippen molar-refractivity contribution < 1.29 is 22.8 Å². The maximum absolute atomic E-state index is 13.3. The molecule has 1 N–H and O–H groups in total. The molecule has 1 fully saturated rings. The third kappa shape index (κ3) is 6.48. The maximum atomic E-state index is 13.3. The van der Waals surface area contributed by atoms with Gasteiger partial charge in [0, 0.05) is 39.5 Å². The zero-order valence-corrected chi connectivity index (χ0v) is 18.1. The maximum Gasteiger partial charge on any atom is 0.416 e. The highest BCUT2D eigenvalue weighted by Gasteiger charge is 2.32. The number of carbonyl (C=O) groups excluding carboxylic acids is 2. The summed E-state index contributed by atoms with van der Waals surface area (Å²) in [5.41, 5.74) is 0.888. The minimum Gasteiger partial charge on any atom is -0.370 e. The third-order valence-corrected chi connectivity index (χ3v) is 5.57. The van der Waals surface area contributed by atoms with Crippen molar-refractivity contribution in [3.63, 3.8) is 0 Å². The molecule has 0 atom stereocenters. The second-order valence-electron chi connectivity index (χ2n) is 8.00. The van der Waals surface area contributed by atoms with Crippen molar-refractivity contribution in [2.45, 2.75) is 45.3 Å². The normalized spacial score (nSPS) is 14.2. The van der Waals surface area contributed by atoms with Gasteiger partial charge in [0.1, 0.15) is 0 Å². The topological polar surface area (TPSA) is 52.7 Å². The van der Waals surface area contributed by atoms with Gasteiger partial charge in [0.05, 0.1) is 16.9 Å². The van der Waals surface area contributed by atoms with Crippen molar-refractivity contribution in [1.29, 1.82) is 0 Å². The minimum atomic E-state index is -4.50. The van der Waals surface area contributed by atoms with E-state index in [1.165, 1.54) is 13.0 Å². The third-order valence-electron chi connectivity index (χ3n) is 5.57. The summed E-state index contributed by atoms with van der Waals surface area (Å²) in [4.78, 5) is 28.2. The number of carbonyl (C=O) groups is 2. The van der Waals surface area contributed by atoms with Gasteiger partial charge in [-0.15, -0.1) is 0 Å². The lowest BCUT2D eigenvalue weighted by molar-refractivity contribution is -0.137. The van der Waals surface area contributed by atoms with Gasteiger partial charge in [-0.1, -0.05) is 30.3 Å². The summed E-state index contributed by atoms with van der Waals surface area (Å²) in [5, 5.41) is 2.66. The Hall–Kier alpha value is -3.03. The first kappa shape index (κ1) is 23.6. The monoisotopic (exact) mass is 447 g/mol. The van der Waals surface area contributed by atoms with E-state index in [4.69, 9.17) is 0 Å². The fourth-order valence-electron chi connectivity index (χ4n) is 3.82. The van der Waals surface area contributed by atoms with Crippen LogP contribution in [0.2, 0.25) is 0 Å². The predicted octanol–water partition coefficient (Wildman–Crippen LogP) is 5.07. The molecule has 32 heavy (non-hydrogen) atoms. The van der Waals surface area contributed by atoms with E-state index in [1.54, 1.807) is 4.90 Å². The molecule has 1 heterocycles. The molecule has 2 aromatic carbocycles. The van der Waals surface area contributed by atoms with Crippen LogP contribution < -0.4 is 10.2 Å². The summed E-state index contributed by atoms with van der Waals surface area (Å²) >= 11 is 0. The van der Waals surface area contributed by atoms with E-state index in [0.29, 0.717) is 12.2 Å². The van der Waals surface area contributed by atoms with Crippen LogP contribution in [-0.2, 0) is 22.3 Å². The van der Waals surface area contributed by atoms with Crippen molar-refractivity contribution in [3.8, 4) is 0 Å². The highest BCUT2D eigenvalue weighted by atomic mass is 19.4. The number of amides is 2. The quantitative estimate of drug-likeness (QED) is 0.645. The van der Waals surface area contributed by atoms with Gasteiger partial charge in [-0.25, -0.2) is 0 Å². The van der Waals surface area contributed by atoms with Gasteiger partial charge in [-0.2, -0.15) is 13.2 Å². The van der Waals surface area contributed by atoms with Gasteiger partial charge in [0.15, 0.2) is 0 Å². The molecule has 172 valence electrons. The number of anilines is 2. The predicted molar refractivity (Wildman–Crippen MR) is 118 cm³/mol. The highest BCUT2D eigenvalue weighted by Crippen LogP contribution is 2.36. The van der Waals surface area contributed by atoms with Crippen molar-refractivity contribution in [3.05, 3.63) is 59.7 Å². The Balaban J connectivity index is 1.71. The molecule has 0 radical (unpaired) electrons. The molecule has 0 bridgehead atoms. The second kappa shape index (κ2) is 10.5. The average molecular weight is 448 g/mol. The van der Waals surface area contributed by atoms with E-state index < -0.39 is 17.6 Å². The summed E-state index contributed by atoms with van der Waals surface area (Å²) in [5.74, 6) is -0.600. The number of hydrogen-bond donors (Lipinski definition) is 1. The Kier molecular flexibility index (Phi) is 7.77. The van der Waals surface area contributed by atoms with Crippen molar-refractivity contribution in [1.82, 2.24) is 4.90 Å². The smallest absolute Gasteiger partial charge is 0.370 e. The highest BCUT2D eigenvalue weighted by molar-refractivity contribution is 5.95. The Bertz CT molecular complexity index is 926. The standard InChI is InChI=1S/C24H28F3N3O2/c1-18(31)30(17-19-8-4-2-5-9-19)15-12-23(32)28-21-16-20(24(25,26)27)10-11-22(21)29-13-6-3-7-14-29/h2,4-5,8-11,16H,3,6-7,12-15,17H2,1H3,(H,28,32).